The van der Waals surface area contributed by atoms with Crippen molar-refractivity contribution in [2.45, 2.75) is 0 Å². The molecule has 0 aliphatic rings. The summed E-state index contributed by atoms with van der Waals surface area (Å²) in [5.41, 5.74) is 7.34. The first-order chi connectivity index (χ1) is 11.0. The molecule has 0 aliphatic carbocycles. The van der Waals surface area contributed by atoms with E-state index in [0.717, 1.165) is 0 Å². The molecule has 0 atom stereocenters. The fraction of sp³-hybridized carbons (Fsp3) is 0.0667. The quantitative estimate of drug-likeness (QED) is 0.725. The molecule has 1 aromatic carbocycles. The van der Waals surface area contributed by atoms with Crippen molar-refractivity contribution in [1.82, 2.24) is 9.97 Å². The largest absolute Gasteiger partial charge is 0.478 e. The molecule has 0 saturated carbocycles. The zero-order valence-corrected chi connectivity index (χ0v) is 12.9. The highest BCUT2D eigenvalue weighted by atomic mass is 35.5. The number of nitrogens with two attached hydrogens (primary N) is 1. The molecule has 23 heavy (non-hydrogen) atoms. The van der Waals surface area contributed by atoms with Crippen molar-refractivity contribution in [1.29, 1.82) is 0 Å². The maximum Gasteiger partial charge on any atom is 0.335 e. The zero-order chi connectivity index (χ0) is 16.8. The van der Waals surface area contributed by atoms with Crippen LogP contribution in [0.25, 0.3) is 11.3 Å². The van der Waals surface area contributed by atoms with Gasteiger partial charge in [-0.2, -0.15) is 0 Å². The minimum absolute atomic E-state index is 0.185. The zero-order valence-electron chi connectivity index (χ0n) is 12.2. The molecular formula is C15H14ClN5O2. The first-order valence-corrected chi connectivity index (χ1v) is 6.90. The molecule has 118 valence electrons. The minimum atomic E-state index is -0.996. The van der Waals surface area contributed by atoms with Gasteiger partial charge in [-0.05, 0) is 12.1 Å². The van der Waals surface area contributed by atoms with E-state index in [1.165, 1.54) is 30.7 Å². The van der Waals surface area contributed by atoms with Gasteiger partial charge >= 0.3 is 5.97 Å². The number of nitrogens with one attached hydrogen (secondary N) is 1. The summed E-state index contributed by atoms with van der Waals surface area (Å²) in [6.45, 7) is 0. The molecule has 7 nitrogen and oxygen atoms in total. The maximum absolute atomic E-state index is 10.9. The van der Waals surface area contributed by atoms with Crippen LogP contribution < -0.4 is 11.1 Å². The van der Waals surface area contributed by atoms with Crippen molar-refractivity contribution in [2.75, 3.05) is 12.4 Å². The third kappa shape index (κ3) is 4.04. The lowest BCUT2D eigenvalue weighted by atomic mass is 10.1. The molecule has 0 bridgehead atoms. The monoisotopic (exact) mass is 331 g/mol. The molecule has 0 fully saturated rings. The Morgan fingerprint density at radius 1 is 1.39 bits per heavy atom. The van der Waals surface area contributed by atoms with E-state index in [0.29, 0.717) is 27.9 Å². The predicted octanol–water partition coefficient (Wildman–Crippen LogP) is 2.41. The molecule has 4 N–H and O–H groups in total. The van der Waals surface area contributed by atoms with Gasteiger partial charge < -0.3 is 16.2 Å². The first kappa shape index (κ1) is 16.4. The standard InChI is InChI=1S/C15H14ClN5O2/c1-18-7-11(6-17)20-15-19-8-12(16)13(21-15)9-2-4-10(5-3-9)14(22)23/h2-8H,17H2,1H3,(H,22,23)(H,19,20,21)/b11-6+,18-7?. The van der Waals surface area contributed by atoms with Crippen LogP contribution in [0.4, 0.5) is 5.95 Å². The van der Waals surface area contributed by atoms with Crippen LogP contribution in [0.1, 0.15) is 10.4 Å². The molecule has 0 aliphatic heterocycles. The van der Waals surface area contributed by atoms with Gasteiger partial charge in [0.05, 0.1) is 28.2 Å². The molecule has 2 rings (SSSR count). The summed E-state index contributed by atoms with van der Waals surface area (Å²) in [6, 6.07) is 6.24. The average Bonchev–Trinajstić information content (AvgIpc) is 2.56. The molecule has 2 aromatic rings. The number of nitrogens with zero attached hydrogens (tertiary/aromatic N) is 3. The molecule has 0 radical (unpaired) electrons. The Kier molecular flexibility index (Phi) is 5.27. The van der Waals surface area contributed by atoms with E-state index in [9.17, 15) is 4.79 Å². The van der Waals surface area contributed by atoms with Crippen molar-refractivity contribution >= 4 is 29.7 Å². The number of halogens is 1. The number of carbonyl (C=O) groups is 1. The normalized spacial score (nSPS) is 11.7. The van der Waals surface area contributed by atoms with Gasteiger partial charge in [-0.3, -0.25) is 4.99 Å². The van der Waals surface area contributed by atoms with E-state index in [4.69, 9.17) is 22.4 Å². The highest BCUT2D eigenvalue weighted by Gasteiger charge is 2.10. The lowest BCUT2D eigenvalue weighted by molar-refractivity contribution is 0.0697. The lowest BCUT2D eigenvalue weighted by Crippen LogP contribution is -2.07. The summed E-state index contributed by atoms with van der Waals surface area (Å²) in [5, 5.41) is 12.2. The molecule has 0 unspecified atom stereocenters. The third-order valence-corrected chi connectivity index (χ3v) is 3.13. The van der Waals surface area contributed by atoms with Crippen LogP contribution in [-0.2, 0) is 0 Å². The van der Waals surface area contributed by atoms with Crippen LogP contribution in [0.3, 0.4) is 0 Å². The summed E-state index contributed by atoms with van der Waals surface area (Å²) >= 11 is 6.13. The van der Waals surface area contributed by atoms with E-state index in [1.807, 2.05) is 0 Å². The Morgan fingerprint density at radius 2 is 2.09 bits per heavy atom. The van der Waals surface area contributed by atoms with Gasteiger partial charge in [-0.15, -0.1) is 0 Å². The van der Waals surface area contributed by atoms with Gasteiger partial charge in [0.15, 0.2) is 0 Å². The van der Waals surface area contributed by atoms with Crippen LogP contribution in [0.5, 0.6) is 0 Å². The second-order valence-electron chi connectivity index (χ2n) is 4.41. The fourth-order valence-corrected chi connectivity index (χ4v) is 1.99. The number of benzene rings is 1. The van der Waals surface area contributed by atoms with Gasteiger partial charge in [-0.25, -0.2) is 14.8 Å². The summed E-state index contributed by atoms with van der Waals surface area (Å²) in [6.07, 6.45) is 4.32. The molecule has 0 amide bonds. The summed E-state index contributed by atoms with van der Waals surface area (Å²) < 4.78 is 0. The number of allylic oxidation sites excluding steroid dienone is 1. The molecular weight excluding hydrogens is 318 g/mol. The Bertz CT molecular complexity index is 772. The Hall–Kier alpha value is -2.93. The van der Waals surface area contributed by atoms with Crippen LogP contribution in [0, 0.1) is 0 Å². The second-order valence-corrected chi connectivity index (χ2v) is 4.81. The highest BCUT2D eigenvalue weighted by Crippen LogP contribution is 2.26. The Balaban J connectivity index is 2.35. The summed E-state index contributed by atoms with van der Waals surface area (Å²) in [4.78, 5) is 23.1. The van der Waals surface area contributed by atoms with Gasteiger partial charge in [-0.1, -0.05) is 23.7 Å². The smallest absolute Gasteiger partial charge is 0.335 e. The number of aromatic nitrogens is 2. The maximum atomic E-state index is 10.9. The van der Waals surface area contributed by atoms with Crippen molar-refractivity contribution in [3.63, 3.8) is 0 Å². The first-order valence-electron chi connectivity index (χ1n) is 6.52. The van der Waals surface area contributed by atoms with E-state index < -0.39 is 5.97 Å². The minimum Gasteiger partial charge on any atom is -0.478 e. The van der Waals surface area contributed by atoms with E-state index in [2.05, 4.69) is 20.3 Å². The van der Waals surface area contributed by atoms with Crippen molar-refractivity contribution in [3.05, 3.63) is 52.9 Å². The van der Waals surface area contributed by atoms with E-state index >= 15 is 0 Å². The SMILES string of the molecule is CN=C/C(=C\N)Nc1ncc(Cl)c(-c2ccc(C(=O)O)cc2)n1. The average molecular weight is 332 g/mol. The van der Waals surface area contributed by atoms with Gasteiger partial charge in [0.25, 0.3) is 0 Å². The predicted molar refractivity (Wildman–Crippen MR) is 89.7 cm³/mol. The van der Waals surface area contributed by atoms with Crippen molar-refractivity contribution < 1.29 is 9.90 Å². The van der Waals surface area contributed by atoms with Crippen LogP contribution in [0.2, 0.25) is 5.02 Å². The van der Waals surface area contributed by atoms with Crippen molar-refractivity contribution in [2.24, 2.45) is 10.7 Å². The number of aliphatic imine (C=N–C) groups is 1. The highest BCUT2D eigenvalue weighted by molar-refractivity contribution is 6.32. The number of aromatic carboxylic acids is 1. The van der Waals surface area contributed by atoms with Gasteiger partial charge in [0.2, 0.25) is 5.95 Å². The van der Waals surface area contributed by atoms with Crippen molar-refractivity contribution in [3.8, 4) is 11.3 Å². The Labute approximate surface area is 137 Å². The van der Waals surface area contributed by atoms with Gasteiger partial charge in [0, 0.05) is 25.0 Å². The molecule has 0 saturated heterocycles. The molecule has 8 heteroatoms. The second kappa shape index (κ2) is 7.37. The summed E-state index contributed by atoms with van der Waals surface area (Å²) in [5.74, 6) is -0.701. The van der Waals surface area contributed by atoms with Crippen LogP contribution in [0.15, 0.2) is 47.4 Å². The van der Waals surface area contributed by atoms with Gasteiger partial charge in [0.1, 0.15) is 0 Å². The molecule has 1 heterocycles. The number of carboxylic acid groups (broad SMARTS) is 1. The summed E-state index contributed by atoms with van der Waals surface area (Å²) in [7, 11) is 1.61. The number of anilines is 1. The topological polar surface area (TPSA) is 113 Å². The van der Waals surface area contributed by atoms with Crippen LogP contribution >= 0.6 is 11.6 Å². The number of hydrogen-bond donors (Lipinski definition) is 3. The third-order valence-electron chi connectivity index (χ3n) is 2.85. The Morgan fingerprint density at radius 3 is 2.65 bits per heavy atom. The molecule has 0 spiro atoms. The van der Waals surface area contributed by atoms with E-state index in [1.54, 1.807) is 19.2 Å². The van der Waals surface area contributed by atoms with Crippen LogP contribution in [-0.4, -0.2) is 34.3 Å². The number of carboxylic acids is 1. The number of hydrogen-bond acceptors (Lipinski definition) is 6. The fourth-order valence-electron chi connectivity index (χ4n) is 1.79. The number of rotatable bonds is 5. The molecule has 1 aromatic heterocycles. The lowest BCUT2D eigenvalue weighted by Gasteiger charge is -2.08. The van der Waals surface area contributed by atoms with E-state index in [-0.39, 0.29) is 5.56 Å².